The summed E-state index contributed by atoms with van der Waals surface area (Å²) in [5, 5.41) is 2.73. The molecule has 6 heteroatoms. The number of ether oxygens (including phenoxy) is 1. The monoisotopic (exact) mass is 352 g/mol. The molecular formula is C15H14BrFN2O2. The van der Waals surface area contributed by atoms with Crippen molar-refractivity contribution in [3.8, 4) is 5.75 Å². The Kier molecular flexibility index (Phi) is 4.47. The van der Waals surface area contributed by atoms with Crippen LogP contribution in [-0.4, -0.2) is 13.0 Å². The Morgan fingerprint density at radius 1 is 1.38 bits per heavy atom. The lowest BCUT2D eigenvalue weighted by atomic mass is 10.1. The van der Waals surface area contributed by atoms with Gasteiger partial charge in [-0.05, 0) is 52.7 Å². The number of anilines is 2. The summed E-state index contributed by atoms with van der Waals surface area (Å²) in [6, 6.07) is 7.78. The van der Waals surface area contributed by atoms with E-state index in [4.69, 9.17) is 10.5 Å². The van der Waals surface area contributed by atoms with Gasteiger partial charge in [-0.15, -0.1) is 0 Å². The molecule has 0 heterocycles. The molecule has 0 fully saturated rings. The van der Waals surface area contributed by atoms with Gasteiger partial charge in [-0.25, -0.2) is 4.39 Å². The van der Waals surface area contributed by atoms with E-state index in [9.17, 15) is 9.18 Å². The summed E-state index contributed by atoms with van der Waals surface area (Å²) < 4.78 is 18.8. The van der Waals surface area contributed by atoms with Crippen molar-refractivity contribution >= 4 is 33.2 Å². The van der Waals surface area contributed by atoms with Gasteiger partial charge in [0.15, 0.2) is 5.75 Å². The number of nitrogens with one attached hydrogen (secondary N) is 1. The molecular weight excluding hydrogens is 339 g/mol. The highest BCUT2D eigenvalue weighted by Crippen LogP contribution is 2.28. The molecule has 0 saturated carbocycles. The number of amides is 1. The number of benzene rings is 2. The smallest absolute Gasteiger partial charge is 0.259 e. The highest BCUT2D eigenvalue weighted by Gasteiger charge is 2.16. The van der Waals surface area contributed by atoms with E-state index in [1.54, 1.807) is 25.1 Å². The Bertz CT molecular complexity index is 704. The quantitative estimate of drug-likeness (QED) is 0.827. The molecule has 2 rings (SSSR count). The molecule has 0 aliphatic rings. The number of methoxy groups -OCH3 is 1. The average Bonchev–Trinajstić information content (AvgIpc) is 2.44. The van der Waals surface area contributed by atoms with Crippen LogP contribution in [0.25, 0.3) is 0 Å². The van der Waals surface area contributed by atoms with E-state index < -0.39 is 0 Å². The maximum Gasteiger partial charge on any atom is 0.259 e. The maximum atomic E-state index is 13.4. The van der Waals surface area contributed by atoms with Gasteiger partial charge in [-0.1, -0.05) is 6.07 Å². The van der Waals surface area contributed by atoms with Crippen molar-refractivity contribution in [1.82, 2.24) is 0 Å². The van der Waals surface area contributed by atoms with E-state index in [-0.39, 0.29) is 16.2 Å². The first-order valence-electron chi connectivity index (χ1n) is 6.13. The van der Waals surface area contributed by atoms with Crippen molar-refractivity contribution in [1.29, 1.82) is 0 Å². The van der Waals surface area contributed by atoms with Crippen LogP contribution in [0.5, 0.6) is 5.75 Å². The van der Waals surface area contributed by atoms with E-state index in [1.807, 2.05) is 0 Å². The molecule has 21 heavy (non-hydrogen) atoms. The number of carbonyl (C=O) groups is 1. The van der Waals surface area contributed by atoms with E-state index >= 15 is 0 Å². The molecule has 0 atom stereocenters. The van der Waals surface area contributed by atoms with Gasteiger partial charge in [0.2, 0.25) is 0 Å². The fourth-order valence-electron chi connectivity index (χ4n) is 1.93. The van der Waals surface area contributed by atoms with Crippen LogP contribution in [-0.2, 0) is 0 Å². The number of carbonyl (C=O) groups excluding carboxylic acids is 1. The predicted molar refractivity (Wildman–Crippen MR) is 84.2 cm³/mol. The minimum atomic E-state index is -0.382. The highest BCUT2D eigenvalue weighted by molar-refractivity contribution is 9.10. The zero-order valence-electron chi connectivity index (χ0n) is 11.5. The number of nitrogen functional groups attached to an aromatic ring is 1. The third-order valence-electron chi connectivity index (χ3n) is 3.01. The predicted octanol–water partition coefficient (Wildman–Crippen LogP) is 3.74. The first-order chi connectivity index (χ1) is 9.93. The van der Waals surface area contributed by atoms with E-state index in [0.717, 1.165) is 0 Å². The normalized spacial score (nSPS) is 10.3. The van der Waals surface area contributed by atoms with Crippen LogP contribution in [0.15, 0.2) is 34.8 Å². The summed E-state index contributed by atoms with van der Waals surface area (Å²) in [6.45, 7) is 1.71. The SMILES string of the molecule is COc1c(N)cccc1C(=O)Nc1cc(Br)c(F)cc1C. The molecule has 0 spiro atoms. The summed E-state index contributed by atoms with van der Waals surface area (Å²) in [6.07, 6.45) is 0. The number of aryl methyl sites for hydroxylation is 1. The van der Waals surface area contributed by atoms with E-state index in [0.29, 0.717) is 28.3 Å². The van der Waals surface area contributed by atoms with Gasteiger partial charge < -0.3 is 15.8 Å². The summed E-state index contributed by atoms with van der Waals surface area (Å²) in [5.74, 6) is -0.443. The largest absolute Gasteiger partial charge is 0.494 e. The second-order valence-electron chi connectivity index (χ2n) is 4.46. The van der Waals surface area contributed by atoms with Gasteiger partial charge in [0, 0.05) is 5.69 Å². The summed E-state index contributed by atoms with van der Waals surface area (Å²) in [5.41, 5.74) is 7.60. The van der Waals surface area contributed by atoms with Crippen LogP contribution in [0.2, 0.25) is 0 Å². The van der Waals surface area contributed by atoms with Crippen LogP contribution in [0, 0.1) is 12.7 Å². The Hall–Kier alpha value is -2.08. The van der Waals surface area contributed by atoms with Crippen molar-refractivity contribution in [2.45, 2.75) is 6.92 Å². The standard InChI is InChI=1S/C15H14BrFN2O2/c1-8-6-11(17)10(16)7-13(8)19-15(20)9-4-3-5-12(18)14(9)21-2/h3-7H,18H2,1-2H3,(H,19,20). The average molecular weight is 353 g/mol. The summed E-state index contributed by atoms with van der Waals surface area (Å²) in [4.78, 5) is 12.3. The minimum Gasteiger partial charge on any atom is -0.494 e. The molecule has 0 radical (unpaired) electrons. The molecule has 0 aliphatic heterocycles. The van der Waals surface area contributed by atoms with Crippen molar-refractivity contribution in [2.75, 3.05) is 18.2 Å². The third kappa shape index (κ3) is 3.16. The molecule has 1 amide bonds. The molecule has 4 nitrogen and oxygen atoms in total. The Morgan fingerprint density at radius 2 is 2.10 bits per heavy atom. The first kappa shape index (κ1) is 15.3. The van der Waals surface area contributed by atoms with Crippen LogP contribution in [0.4, 0.5) is 15.8 Å². The van der Waals surface area contributed by atoms with E-state index in [2.05, 4.69) is 21.2 Å². The number of hydrogen-bond donors (Lipinski definition) is 2. The van der Waals surface area contributed by atoms with Crippen LogP contribution in [0.3, 0.4) is 0 Å². The maximum absolute atomic E-state index is 13.4. The van der Waals surface area contributed by atoms with Gasteiger partial charge in [0.1, 0.15) is 5.82 Å². The summed E-state index contributed by atoms with van der Waals surface area (Å²) in [7, 11) is 1.45. The summed E-state index contributed by atoms with van der Waals surface area (Å²) >= 11 is 3.10. The molecule has 0 aliphatic carbocycles. The Morgan fingerprint density at radius 3 is 2.76 bits per heavy atom. The molecule has 2 aromatic carbocycles. The van der Waals surface area contributed by atoms with E-state index in [1.165, 1.54) is 19.2 Å². The Labute approximate surface area is 130 Å². The molecule has 0 unspecified atom stereocenters. The molecule has 0 aromatic heterocycles. The van der Waals surface area contributed by atoms with Crippen molar-refractivity contribution in [3.63, 3.8) is 0 Å². The number of hydrogen-bond acceptors (Lipinski definition) is 3. The third-order valence-corrected chi connectivity index (χ3v) is 3.62. The fourth-order valence-corrected chi connectivity index (χ4v) is 2.28. The fraction of sp³-hybridized carbons (Fsp3) is 0.133. The molecule has 0 bridgehead atoms. The first-order valence-corrected chi connectivity index (χ1v) is 6.92. The molecule has 0 saturated heterocycles. The van der Waals surface area contributed by atoms with Crippen LogP contribution < -0.4 is 15.8 Å². The lowest BCUT2D eigenvalue weighted by molar-refractivity contribution is 0.102. The number of nitrogens with two attached hydrogens (primary N) is 1. The lowest BCUT2D eigenvalue weighted by Crippen LogP contribution is -2.15. The second-order valence-corrected chi connectivity index (χ2v) is 5.32. The minimum absolute atomic E-state index is 0.281. The number of halogens is 2. The highest BCUT2D eigenvalue weighted by atomic mass is 79.9. The topological polar surface area (TPSA) is 64.3 Å². The molecule has 3 N–H and O–H groups in total. The van der Waals surface area contributed by atoms with Crippen molar-refractivity contribution in [2.24, 2.45) is 0 Å². The van der Waals surface area contributed by atoms with Crippen LogP contribution >= 0.6 is 15.9 Å². The Balaban J connectivity index is 2.35. The number of para-hydroxylation sites is 1. The molecule has 110 valence electrons. The van der Waals surface area contributed by atoms with Gasteiger partial charge in [0.25, 0.3) is 5.91 Å². The zero-order valence-corrected chi connectivity index (χ0v) is 13.1. The number of rotatable bonds is 3. The van der Waals surface area contributed by atoms with Crippen molar-refractivity contribution in [3.05, 3.63) is 51.7 Å². The van der Waals surface area contributed by atoms with Gasteiger partial charge in [-0.2, -0.15) is 0 Å². The lowest BCUT2D eigenvalue weighted by Gasteiger charge is -2.13. The van der Waals surface area contributed by atoms with Gasteiger partial charge in [0.05, 0.1) is 22.8 Å². The molecule has 2 aromatic rings. The van der Waals surface area contributed by atoms with Crippen LogP contribution in [0.1, 0.15) is 15.9 Å². The second kappa shape index (κ2) is 6.13. The zero-order chi connectivity index (χ0) is 15.6. The van der Waals surface area contributed by atoms with Crippen molar-refractivity contribution < 1.29 is 13.9 Å². The van der Waals surface area contributed by atoms with Gasteiger partial charge in [-0.3, -0.25) is 4.79 Å². The van der Waals surface area contributed by atoms with Gasteiger partial charge >= 0.3 is 0 Å².